The molecule has 0 spiro atoms. The predicted molar refractivity (Wildman–Crippen MR) is 386 cm³/mol. The Labute approximate surface area is 616 Å². The monoisotopic (exact) mass is 1520 g/mol. The molecule has 0 aromatic carbocycles. The van der Waals surface area contributed by atoms with Crippen LogP contribution in [0.3, 0.4) is 0 Å². The van der Waals surface area contributed by atoms with Gasteiger partial charge < -0.3 is 38.2 Å². The Morgan fingerprint density at radius 1 is 0.587 bits per heavy atom. The van der Waals surface area contributed by atoms with Crippen LogP contribution in [0.2, 0.25) is 0 Å². The maximum absolute atomic E-state index is 14.6. The van der Waals surface area contributed by atoms with Crippen molar-refractivity contribution in [3.8, 4) is 23.3 Å². The average molecular weight is 1520 g/mol. The Morgan fingerprint density at radius 3 is 1.35 bits per heavy atom. The minimum absolute atomic E-state index is 0.0480. The molecule has 8 aliphatic rings. The van der Waals surface area contributed by atoms with Gasteiger partial charge in [-0.05, 0) is 149 Å². The van der Waals surface area contributed by atoms with Gasteiger partial charge in [-0.15, -0.1) is 29.3 Å². The first-order valence-electron chi connectivity index (χ1n) is 36.8. The fraction of sp³-hybridized carbons (Fsp3) is 0.676. The summed E-state index contributed by atoms with van der Waals surface area (Å²) < 4.78 is 102. The van der Waals surface area contributed by atoms with Gasteiger partial charge in [-0.1, -0.05) is 61.0 Å². The molecule has 26 nitrogen and oxygen atoms in total. The highest BCUT2D eigenvalue weighted by molar-refractivity contribution is 7.85. The van der Waals surface area contributed by atoms with Crippen LogP contribution in [-0.2, 0) is 76.8 Å². The lowest BCUT2D eigenvalue weighted by Gasteiger charge is -2.35. The number of carbonyl (C=O) groups is 8. The number of nitrogens with one attached hydrogen (secondary N) is 2. The van der Waals surface area contributed by atoms with Gasteiger partial charge in [-0.2, -0.15) is 16.8 Å². The summed E-state index contributed by atoms with van der Waals surface area (Å²) in [5, 5.41) is 3.79. The number of ketones is 2. The van der Waals surface area contributed by atoms with E-state index < -0.39 is 126 Å². The van der Waals surface area contributed by atoms with Crippen LogP contribution in [0.1, 0.15) is 197 Å². The van der Waals surface area contributed by atoms with Crippen molar-refractivity contribution >= 4 is 111 Å². The van der Waals surface area contributed by atoms with Crippen LogP contribution in [0.15, 0.2) is 47.7 Å². The van der Waals surface area contributed by atoms with Crippen LogP contribution < -0.4 is 28.4 Å². The minimum Gasteiger partial charge on any atom is -0.487 e. The van der Waals surface area contributed by atoms with Crippen LogP contribution >= 0.6 is 22.7 Å². The molecule has 104 heavy (non-hydrogen) atoms. The molecule has 4 aromatic heterocycles. The fourth-order valence-corrected chi connectivity index (χ4v) is 18.7. The third kappa shape index (κ3) is 18.9. The van der Waals surface area contributed by atoms with Crippen LogP contribution in [0.25, 0.3) is 20.4 Å². The Bertz CT molecular complexity index is 4110. The molecule has 6 aliphatic carbocycles. The number of aromatic nitrogens is 2. The number of hydrogen-bond acceptors (Lipinski definition) is 24. The zero-order valence-electron chi connectivity index (χ0n) is 60.9. The van der Waals surface area contributed by atoms with Gasteiger partial charge in [0, 0.05) is 37.8 Å². The molecule has 2 saturated heterocycles. The Kier molecular flexibility index (Phi) is 24.0. The van der Waals surface area contributed by atoms with Gasteiger partial charge in [0.1, 0.15) is 35.9 Å². The van der Waals surface area contributed by atoms with E-state index >= 15 is 0 Å². The molecule has 6 heterocycles. The number of rotatable bonds is 32. The highest BCUT2D eigenvalue weighted by Crippen LogP contribution is 2.59. The molecular weight excluding hydrogens is 1420 g/mol. The third-order valence-corrected chi connectivity index (χ3v) is 25.1. The Hall–Kier alpha value is -6.86. The van der Waals surface area contributed by atoms with Crippen LogP contribution in [0, 0.1) is 45.3 Å². The number of hydrogen-bond donors (Lipinski definition) is 2. The SMILES string of the molecule is C=C[C@@H]1C[C@]1(CC(=O)[C@@H]1C[C@@H](Oc2cc(OCC)nc3ccsc23)CN1C(=O)[C@@H](CC(=O)OC1CCCC1)C(C)(C)C)C(=O)NS(=O)(=O)OC1CC1.CCOc1cc(O[C@@H]2C[C@@H](C(=O)C[C@]3(C(=O)NS(=O)(=O)OC4CC4)C[C@H]3CC)N(C(=O)[C@@H](CC(=O)OC3CCCC3)C(C)(C)C)C2)c2sccc2n1. The standard InChI is InChI=1S/C37H51N3O10S2.C37H49N3O10S2/c2*1-6-22-19-37(22,35(44)39-52(45,46)50-24-12-13-24)20-29(41)28-16-25(48-30-18-31(47-7-2)38-27-14-15-51-33(27)30)21-40(28)34(43)26(36(3,4)5)17-32(42)49-23-10-8-9-11-23/h14-15,18,22-26,28H,6-13,16-17,19-21H2,1-5H3,(H,39,44);6,14-15,18,22-26,28H,1,7-13,16-17,19-21H2,2-5H3,(H,39,44)/t2*22-,25-,26-,28+,37-/m11/s1. The molecule has 10 atom stereocenters. The number of nitrogens with zero attached hydrogens (tertiary/aromatic N) is 4. The number of Topliss-reactive ketones (excluding diaryl/α,β-unsaturated/α-hetero) is 2. The maximum atomic E-state index is 14.6. The molecular formula is C74H100N6O20S4. The summed E-state index contributed by atoms with van der Waals surface area (Å²) in [6.07, 6.45) is 9.20. The molecule has 8 fully saturated rings. The van der Waals surface area contributed by atoms with Crippen molar-refractivity contribution in [1.29, 1.82) is 0 Å². The van der Waals surface area contributed by atoms with Gasteiger partial charge in [-0.3, -0.25) is 46.7 Å². The smallest absolute Gasteiger partial charge is 0.362 e. The van der Waals surface area contributed by atoms with Crippen LogP contribution in [-0.4, -0.2) is 159 Å². The first-order chi connectivity index (χ1) is 49.2. The zero-order chi connectivity index (χ0) is 74.8. The van der Waals surface area contributed by atoms with E-state index in [4.69, 9.17) is 36.8 Å². The number of amides is 4. The molecule has 0 bridgehead atoms. The van der Waals surface area contributed by atoms with E-state index in [1.807, 2.05) is 89.9 Å². The summed E-state index contributed by atoms with van der Waals surface area (Å²) in [6.45, 7) is 21.6. The van der Waals surface area contributed by atoms with E-state index in [-0.39, 0.29) is 93.8 Å². The first-order valence-corrected chi connectivity index (χ1v) is 41.4. The van der Waals surface area contributed by atoms with Crippen molar-refractivity contribution in [2.75, 3.05) is 26.3 Å². The van der Waals surface area contributed by atoms with E-state index in [1.54, 1.807) is 18.2 Å². The van der Waals surface area contributed by atoms with Gasteiger partial charge in [0.25, 0.3) is 0 Å². The molecule has 12 rings (SSSR count). The third-order valence-electron chi connectivity index (χ3n) is 21.4. The summed E-state index contributed by atoms with van der Waals surface area (Å²) in [7, 11) is -8.71. The topological polar surface area (TPSA) is 335 Å². The summed E-state index contributed by atoms with van der Waals surface area (Å²) in [5.41, 5.74) is -2.53. The average Bonchev–Trinajstić information content (AvgIpc) is 1.58. The van der Waals surface area contributed by atoms with E-state index in [9.17, 15) is 55.2 Å². The Balaban J connectivity index is 0.000000208. The van der Waals surface area contributed by atoms with Crippen LogP contribution in [0.4, 0.5) is 0 Å². The lowest BCUT2D eigenvalue weighted by atomic mass is 9.77. The van der Waals surface area contributed by atoms with E-state index in [1.165, 1.54) is 32.5 Å². The van der Waals surface area contributed by atoms with E-state index in [2.05, 4.69) is 21.3 Å². The van der Waals surface area contributed by atoms with E-state index in [0.717, 1.165) is 60.8 Å². The number of pyridine rings is 2. The van der Waals surface area contributed by atoms with Crippen molar-refractivity contribution in [3.05, 3.63) is 47.7 Å². The number of fused-ring (bicyclic) bond motifs is 2. The molecule has 4 amide bonds. The number of allylic oxidation sites excluding steroid dienone is 1. The molecule has 30 heteroatoms. The quantitative estimate of drug-likeness (QED) is 0.0339. The second kappa shape index (κ2) is 31.9. The summed E-state index contributed by atoms with van der Waals surface area (Å²) >= 11 is 2.90. The number of ether oxygens (including phenoxy) is 6. The maximum Gasteiger partial charge on any atom is 0.362 e. The fourth-order valence-electron chi connectivity index (χ4n) is 15.1. The van der Waals surface area contributed by atoms with Crippen molar-refractivity contribution < 1.29 is 92.0 Å². The van der Waals surface area contributed by atoms with Crippen molar-refractivity contribution in [1.82, 2.24) is 29.2 Å². The van der Waals surface area contributed by atoms with Gasteiger partial charge in [-0.25, -0.2) is 19.4 Å². The largest absolute Gasteiger partial charge is 0.487 e. The van der Waals surface area contributed by atoms with Crippen molar-refractivity contribution in [2.45, 2.75) is 246 Å². The molecule has 2 aliphatic heterocycles. The molecule has 570 valence electrons. The van der Waals surface area contributed by atoms with Crippen molar-refractivity contribution in [2.24, 2.45) is 45.3 Å². The number of esters is 2. The van der Waals surface area contributed by atoms with Crippen LogP contribution in [0.5, 0.6) is 23.3 Å². The number of carbonyl (C=O) groups excluding carboxylic acids is 8. The zero-order valence-corrected chi connectivity index (χ0v) is 64.2. The normalized spacial score (nSPS) is 25.5. The van der Waals surface area contributed by atoms with Gasteiger partial charge >= 0.3 is 32.5 Å². The molecule has 6 saturated carbocycles. The molecule has 2 N–H and O–H groups in total. The number of thiophene rings is 2. The second-order valence-electron chi connectivity index (χ2n) is 31.4. The minimum atomic E-state index is -4.37. The molecule has 4 aromatic rings. The predicted octanol–water partition coefficient (Wildman–Crippen LogP) is 10.8. The van der Waals surface area contributed by atoms with Gasteiger partial charge in [0.05, 0.1) is 107 Å². The lowest BCUT2D eigenvalue weighted by molar-refractivity contribution is -0.156. The highest BCUT2D eigenvalue weighted by Gasteiger charge is 2.63. The molecule has 0 radical (unpaired) electrons. The van der Waals surface area contributed by atoms with Crippen molar-refractivity contribution in [3.63, 3.8) is 0 Å². The summed E-state index contributed by atoms with van der Waals surface area (Å²) in [4.78, 5) is 124. The first kappa shape index (κ1) is 78.2. The van der Waals surface area contributed by atoms with Gasteiger partial charge in [0.15, 0.2) is 11.6 Å². The summed E-state index contributed by atoms with van der Waals surface area (Å²) in [6, 6.07) is 5.16. The molecule has 0 unspecified atom stereocenters. The second-order valence-corrected chi connectivity index (χ2v) is 35.8. The summed E-state index contributed by atoms with van der Waals surface area (Å²) in [5.74, 6) is -4.48. The van der Waals surface area contributed by atoms with Gasteiger partial charge in [0.2, 0.25) is 35.4 Å². The van der Waals surface area contributed by atoms with E-state index in [0.29, 0.717) is 86.0 Å². The lowest BCUT2D eigenvalue weighted by Crippen LogP contribution is -2.48. The Morgan fingerprint density at radius 2 is 0.990 bits per heavy atom. The highest BCUT2D eigenvalue weighted by atomic mass is 32.2. The number of likely N-dealkylation sites (tertiary alicyclic amines) is 2.